The van der Waals surface area contributed by atoms with Gasteiger partial charge in [-0.2, -0.15) is 0 Å². The van der Waals surface area contributed by atoms with Crippen LogP contribution in [0, 0.1) is 0 Å². The molecular weight excluding hydrogens is 206 g/mol. The van der Waals surface area contributed by atoms with Crippen LogP contribution in [-0.4, -0.2) is 23.7 Å². The fourth-order valence-corrected chi connectivity index (χ4v) is 1.81. The van der Waals surface area contributed by atoms with E-state index in [-0.39, 0.29) is 23.8 Å². The van der Waals surface area contributed by atoms with E-state index in [1.54, 1.807) is 12.1 Å². The van der Waals surface area contributed by atoms with Crippen LogP contribution in [-0.2, 0) is 9.53 Å². The average molecular weight is 221 g/mol. The summed E-state index contributed by atoms with van der Waals surface area (Å²) in [5.74, 6) is 0.0712. The van der Waals surface area contributed by atoms with Crippen molar-refractivity contribution in [1.82, 2.24) is 5.32 Å². The van der Waals surface area contributed by atoms with E-state index in [1.165, 1.54) is 0 Å². The van der Waals surface area contributed by atoms with Gasteiger partial charge in [0.05, 0.1) is 6.61 Å². The first-order valence-electron chi connectivity index (χ1n) is 5.38. The number of cyclic esters (lactones) is 1. The van der Waals surface area contributed by atoms with E-state index < -0.39 is 0 Å². The Morgan fingerprint density at radius 3 is 2.69 bits per heavy atom. The van der Waals surface area contributed by atoms with E-state index in [1.807, 2.05) is 19.1 Å². The maximum absolute atomic E-state index is 11.3. The number of hydrogen-bond acceptors (Lipinski definition) is 4. The van der Waals surface area contributed by atoms with Crippen LogP contribution in [0.5, 0.6) is 5.75 Å². The molecule has 1 fully saturated rings. The van der Waals surface area contributed by atoms with Gasteiger partial charge in [0.25, 0.3) is 0 Å². The van der Waals surface area contributed by atoms with Gasteiger partial charge in [0, 0.05) is 12.5 Å². The highest BCUT2D eigenvalue weighted by Crippen LogP contribution is 2.18. The summed E-state index contributed by atoms with van der Waals surface area (Å²) < 4.78 is 4.88. The van der Waals surface area contributed by atoms with Crippen molar-refractivity contribution in [2.75, 3.05) is 6.61 Å². The number of esters is 1. The van der Waals surface area contributed by atoms with Crippen molar-refractivity contribution in [3.63, 3.8) is 0 Å². The van der Waals surface area contributed by atoms with Crippen LogP contribution in [0.1, 0.15) is 24.9 Å². The second-order valence-corrected chi connectivity index (χ2v) is 3.99. The number of aromatic hydroxyl groups is 1. The van der Waals surface area contributed by atoms with Crippen molar-refractivity contribution in [3.05, 3.63) is 29.8 Å². The lowest BCUT2D eigenvalue weighted by Crippen LogP contribution is -2.34. The van der Waals surface area contributed by atoms with Crippen molar-refractivity contribution in [3.8, 4) is 5.75 Å². The maximum Gasteiger partial charge on any atom is 0.323 e. The first kappa shape index (κ1) is 11.0. The van der Waals surface area contributed by atoms with Gasteiger partial charge in [0.15, 0.2) is 0 Å². The molecule has 1 aliphatic heterocycles. The second kappa shape index (κ2) is 4.53. The van der Waals surface area contributed by atoms with Crippen molar-refractivity contribution < 1.29 is 14.6 Å². The molecular formula is C12H15NO3. The standard InChI is InChI=1S/C12H15NO3/c1-8(9-2-4-10(14)5-3-9)13-11-6-7-16-12(11)15/h2-5,8,11,13-14H,6-7H2,1H3. The monoisotopic (exact) mass is 221 g/mol. The third-order valence-corrected chi connectivity index (χ3v) is 2.78. The van der Waals surface area contributed by atoms with Crippen molar-refractivity contribution in [2.45, 2.75) is 25.4 Å². The van der Waals surface area contributed by atoms with Gasteiger partial charge >= 0.3 is 5.97 Å². The molecule has 1 heterocycles. The molecule has 2 rings (SSSR count). The van der Waals surface area contributed by atoms with Gasteiger partial charge in [-0.15, -0.1) is 0 Å². The second-order valence-electron chi connectivity index (χ2n) is 3.99. The molecule has 4 nitrogen and oxygen atoms in total. The molecule has 2 N–H and O–H groups in total. The van der Waals surface area contributed by atoms with Crippen LogP contribution in [0.2, 0.25) is 0 Å². The van der Waals surface area contributed by atoms with Gasteiger partial charge in [-0.3, -0.25) is 10.1 Å². The molecule has 0 saturated carbocycles. The zero-order valence-electron chi connectivity index (χ0n) is 9.14. The molecule has 4 heteroatoms. The van der Waals surface area contributed by atoms with Gasteiger partial charge in [0.2, 0.25) is 0 Å². The number of carbonyl (C=O) groups is 1. The molecule has 1 saturated heterocycles. The summed E-state index contributed by atoms with van der Waals surface area (Å²) in [7, 11) is 0. The third-order valence-electron chi connectivity index (χ3n) is 2.78. The summed E-state index contributed by atoms with van der Waals surface area (Å²) >= 11 is 0. The van der Waals surface area contributed by atoms with Crippen LogP contribution in [0.25, 0.3) is 0 Å². The number of rotatable bonds is 3. The number of nitrogens with one attached hydrogen (secondary N) is 1. The number of ether oxygens (including phenoxy) is 1. The van der Waals surface area contributed by atoms with E-state index in [0.29, 0.717) is 6.61 Å². The Kier molecular flexibility index (Phi) is 3.10. The summed E-state index contributed by atoms with van der Waals surface area (Å²) in [6, 6.07) is 6.82. The van der Waals surface area contributed by atoms with Crippen LogP contribution in [0.4, 0.5) is 0 Å². The predicted molar refractivity (Wildman–Crippen MR) is 59.0 cm³/mol. The summed E-state index contributed by atoms with van der Waals surface area (Å²) in [5.41, 5.74) is 1.04. The molecule has 0 aromatic heterocycles. The lowest BCUT2D eigenvalue weighted by atomic mass is 10.1. The van der Waals surface area contributed by atoms with E-state index >= 15 is 0 Å². The number of hydrogen-bond donors (Lipinski definition) is 2. The highest BCUT2D eigenvalue weighted by Gasteiger charge is 2.27. The Morgan fingerprint density at radius 2 is 2.12 bits per heavy atom. The summed E-state index contributed by atoms with van der Waals surface area (Å²) in [6.45, 7) is 2.48. The zero-order chi connectivity index (χ0) is 11.5. The minimum absolute atomic E-state index is 0.0660. The van der Waals surface area contributed by atoms with Crippen molar-refractivity contribution in [1.29, 1.82) is 0 Å². The molecule has 1 aliphatic rings. The van der Waals surface area contributed by atoms with Crippen molar-refractivity contribution >= 4 is 5.97 Å². The van der Waals surface area contributed by atoms with Gasteiger partial charge < -0.3 is 9.84 Å². The fourth-order valence-electron chi connectivity index (χ4n) is 1.81. The highest BCUT2D eigenvalue weighted by atomic mass is 16.5. The Morgan fingerprint density at radius 1 is 1.44 bits per heavy atom. The van der Waals surface area contributed by atoms with Crippen LogP contribution < -0.4 is 5.32 Å². The minimum Gasteiger partial charge on any atom is -0.508 e. The molecule has 0 amide bonds. The van der Waals surface area contributed by atoms with Gasteiger partial charge in [-0.1, -0.05) is 12.1 Å². The Hall–Kier alpha value is -1.55. The summed E-state index contributed by atoms with van der Waals surface area (Å²) in [4.78, 5) is 11.3. The largest absolute Gasteiger partial charge is 0.508 e. The van der Waals surface area contributed by atoms with Gasteiger partial charge in [-0.05, 0) is 24.6 Å². The smallest absolute Gasteiger partial charge is 0.323 e. The van der Waals surface area contributed by atoms with Gasteiger partial charge in [0.1, 0.15) is 11.8 Å². The maximum atomic E-state index is 11.3. The summed E-state index contributed by atoms with van der Waals surface area (Å²) in [6.07, 6.45) is 0.723. The normalized spacial score (nSPS) is 21.8. The Bertz CT molecular complexity index is 374. The zero-order valence-corrected chi connectivity index (χ0v) is 9.14. The van der Waals surface area contributed by atoms with E-state index in [9.17, 15) is 9.90 Å². The molecule has 0 bridgehead atoms. The first-order chi connectivity index (χ1) is 7.66. The third kappa shape index (κ3) is 2.33. The molecule has 2 atom stereocenters. The Labute approximate surface area is 94.2 Å². The number of phenolic OH excluding ortho intramolecular Hbond substituents is 1. The SMILES string of the molecule is CC(NC1CCOC1=O)c1ccc(O)cc1. The fraction of sp³-hybridized carbons (Fsp3) is 0.417. The molecule has 1 aromatic carbocycles. The summed E-state index contributed by atoms with van der Waals surface area (Å²) in [5, 5.41) is 12.4. The molecule has 0 spiro atoms. The van der Waals surface area contributed by atoms with E-state index in [2.05, 4.69) is 5.32 Å². The number of benzene rings is 1. The molecule has 1 aromatic rings. The topological polar surface area (TPSA) is 58.6 Å². The van der Waals surface area contributed by atoms with Crippen LogP contribution in [0.15, 0.2) is 24.3 Å². The van der Waals surface area contributed by atoms with E-state index in [4.69, 9.17) is 4.74 Å². The highest BCUT2D eigenvalue weighted by molar-refractivity contribution is 5.77. The predicted octanol–water partition coefficient (Wildman–Crippen LogP) is 1.36. The lowest BCUT2D eigenvalue weighted by molar-refractivity contribution is -0.139. The van der Waals surface area contributed by atoms with Gasteiger partial charge in [-0.25, -0.2) is 0 Å². The average Bonchev–Trinajstić information content (AvgIpc) is 2.65. The Balaban J connectivity index is 1.99. The minimum atomic E-state index is -0.205. The van der Waals surface area contributed by atoms with Crippen molar-refractivity contribution in [2.24, 2.45) is 0 Å². The molecule has 0 radical (unpaired) electrons. The molecule has 86 valence electrons. The molecule has 16 heavy (non-hydrogen) atoms. The van der Waals surface area contributed by atoms with Crippen LogP contribution in [0.3, 0.4) is 0 Å². The van der Waals surface area contributed by atoms with Crippen LogP contribution >= 0.6 is 0 Å². The van der Waals surface area contributed by atoms with E-state index in [0.717, 1.165) is 12.0 Å². The molecule has 0 aliphatic carbocycles. The first-order valence-corrected chi connectivity index (χ1v) is 5.38. The molecule has 2 unspecified atom stereocenters. The number of phenols is 1. The lowest BCUT2D eigenvalue weighted by Gasteiger charge is -2.17. The number of carbonyl (C=O) groups excluding carboxylic acids is 1. The quantitative estimate of drug-likeness (QED) is 0.757.